The van der Waals surface area contributed by atoms with E-state index in [0.29, 0.717) is 18.7 Å². The molecule has 5 heteroatoms. The molecule has 2 aromatic rings. The largest absolute Gasteiger partial charge is 0.467 e. The smallest absolute Gasteiger partial charge is 0.240 e. The molecule has 1 aliphatic rings. The van der Waals surface area contributed by atoms with E-state index in [0.717, 1.165) is 18.4 Å². The number of hydrogen-bond donors (Lipinski definition) is 1. The Hall–Kier alpha value is -2.56. The van der Waals surface area contributed by atoms with Gasteiger partial charge in [-0.05, 0) is 30.5 Å². The molecule has 0 aliphatic carbocycles. The highest BCUT2D eigenvalue weighted by molar-refractivity contribution is 5.85. The monoisotopic (exact) mass is 312 g/mol. The van der Waals surface area contributed by atoms with E-state index in [1.165, 1.54) is 0 Å². The lowest BCUT2D eigenvalue weighted by molar-refractivity contribution is -0.138. The zero-order valence-corrected chi connectivity index (χ0v) is 12.9. The molecule has 1 N–H and O–H groups in total. The fourth-order valence-corrected chi connectivity index (χ4v) is 2.83. The molecule has 0 bridgehead atoms. The zero-order chi connectivity index (χ0) is 16.1. The number of carbonyl (C=O) groups excluding carboxylic acids is 2. The first-order chi connectivity index (χ1) is 11.2. The van der Waals surface area contributed by atoms with Crippen molar-refractivity contribution in [2.24, 2.45) is 0 Å². The molecule has 1 atom stereocenters. The number of hydrogen-bond acceptors (Lipinski definition) is 3. The summed E-state index contributed by atoms with van der Waals surface area (Å²) in [5.74, 6) is 0.556. The van der Waals surface area contributed by atoms with E-state index >= 15 is 0 Å². The third kappa shape index (κ3) is 3.80. The van der Waals surface area contributed by atoms with Crippen LogP contribution in [-0.4, -0.2) is 29.8 Å². The number of nitrogens with zero attached hydrogens (tertiary/aromatic N) is 1. The van der Waals surface area contributed by atoms with Crippen molar-refractivity contribution in [1.82, 2.24) is 10.2 Å². The second-order valence-electron chi connectivity index (χ2n) is 5.70. The van der Waals surface area contributed by atoms with Gasteiger partial charge in [-0.3, -0.25) is 9.59 Å². The first-order valence-corrected chi connectivity index (χ1v) is 7.89. The van der Waals surface area contributed by atoms with E-state index in [1.807, 2.05) is 36.4 Å². The second kappa shape index (κ2) is 7.13. The third-order valence-corrected chi connectivity index (χ3v) is 4.02. The van der Waals surface area contributed by atoms with Crippen LogP contribution < -0.4 is 5.32 Å². The van der Waals surface area contributed by atoms with E-state index in [4.69, 9.17) is 4.42 Å². The van der Waals surface area contributed by atoms with Crippen LogP contribution in [0.4, 0.5) is 0 Å². The van der Waals surface area contributed by atoms with Gasteiger partial charge in [0.1, 0.15) is 11.8 Å². The molecule has 1 saturated heterocycles. The number of benzene rings is 1. The molecule has 2 amide bonds. The predicted molar refractivity (Wildman–Crippen MR) is 85.6 cm³/mol. The average Bonchev–Trinajstić information content (AvgIpc) is 3.10. The van der Waals surface area contributed by atoms with Gasteiger partial charge in [0.05, 0.1) is 12.8 Å². The number of likely N-dealkylation sites (tertiary alicyclic amines) is 1. The minimum atomic E-state index is -0.349. The Morgan fingerprint density at radius 2 is 2.00 bits per heavy atom. The van der Waals surface area contributed by atoms with Gasteiger partial charge in [-0.15, -0.1) is 0 Å². The van der Waals surface area contributed by atoms with Crippen LogP contribution in [0.3, 0.4) is 0 Å². The number of furan rings is 1. The molecule has 5 nitrogen and oxygen atoms in total. The molecule has 3 rings (SSSR count). The fraction of sp³-hybridized carbons (Fsp3) is 0.333. The fourth-order valence-electron chi connectivity index (χ4n) is 2.83. The molecular weight excluding hydrogens is 292 g/mol. The van der Waals surface area contributed by atoms with Crippen molar-refractivity contribution in [3.05, 3.63) is 60.1 Å². The number of nitrogens with one attached hydrogen (secondary N) is 1. The van der Waals surface area contributed by atoms with E-state index in [9.17, 15) is 9.59 Å². The average molecular weight is 312 g/mol. The Morgan fingerprint density at radius 1 is 1.17 bits per heavy atom. The van der Waals surface area contributed by atoms with Gasteiger partial charge in [-0.25, -0.2) is 0 Å². The molecule has 1 fully saturated rings. The van der Waals surface area contributed by atoms with Crippen molar-refractivity contribution in [2.75, 3.05) is 13.1 Å². The van der Waals surface area contributed by atoms with Crippen LogP contribution in [0.5, 0.6) is 0 Å². The normalized spacial score (nSPS) is 16.2. The SMILES string of the molecule is O=C(CN1CCCCC1=O)N[C@H](c1ccccc1)c1ccco1. The van der Waals surface area contributed by atoms with Crippen LogP contribution in [-0.2, 0) is 9.59 Å². The minimum Gasteiger partial charge on any atom is -0.467 e. The Morgan fingerprint density at radius 3 is 2.70 bits per heavy atom. The number of rotatable bonds is 5. The molecule has 0 spiro atoms. The van der Waals surface area contributed by atoms with Crippen LogP contribution in [0.15, 0.2) is 53.1 Å². The highest BCUT2D eigenvalue weighted by atomic mass is 16.3. The van der Waals surface area contributed by atoms with Gasteiger partial charge >= 0.3 is 0 Å². The van der Waals surface area contributed by atoms with Gasteiger partial charge in [0.15, 0.2) is 0 Å². The maximum atomic E-state index is 12.4. The predicted octanol–water partition coefficient (Wildman–Crippen LogP) is 2.50. The topological polar surface area (TPSA) is 62.6 Å². The van der Waals surface area contributed by atoms with E-state index in [2.05, 4.69) is 5.32 Å². The summed E-state index contributed by atoms with van der Waals surface area (Å²) in [5.41, 5.74) is 0.945. The zero-order valence-electron chi connectivity index (χ0n) is 12.9. The molecule has 0 unspecified atom stereocenters. The quantitative estimate of drug-likeness (QED) is 0.922. The highest BCUT2D eigenvalue weighted by Gasteiger charge is 2.24. The molecule has 1 aromatic carbocycles. The maximum Gasteiger partial charge on any atom is 0.240 e. The van der Waals surface area contributed by atoms with Crippen LogP contribution in [0.1, 0.15) is 36.6 Å². The van der Waals surface area contributed by atoms with Crippen LogP contribution in [0.25, 0.3) is 0 Å². The van der Waals surface area contributed by atoms with Crippen molar-refractivity contribution in [2.45, 2.75) is 25.3 Å². The van der Waals surface area contributed by atoms with Gasteiger partial charge in [-0.2, -0.15) is 0 Å². The summed E-state index contributed by atoms with van der Waals surface area (Å²) in [4.78, 5) is 25.9. The molecule has 0 radical (unpaired) electrons. The van der Waals surface area contributed by atoms with E-state index < -0.39 is 0 Å². The van der Waals surface area contributed by atoms with Gasteiger partial charge in [0.25, 0.3) is 0 Å². The standard InChI is InChI=1S/C18H20N2O3/c21-16(13-20-11-5-4-10-17(20)22)19-18(15-9-6-12-23-15)14-7-2-1-3-8-14/h1-3,6-9,12,18H,4-5,10-11,13H2,(H,19,21)/t18-/m1/s1. The lowest BCUT2D eigenvalue weighted by Crippen LogP contribution is -2.43. The molecule has 23 heavy (non-hydrogen) atoms. The van der Waals surface area contributed by atoms with Crippen molar-refractivity contribution in [3.63, 3.8) is 0 Å². The Bertz CT molecular complexity index is 652. The van der Waals surface area contributed by atoms with Crippen molar-refractivity contribution in [3.8, 4) is 0 Å². The van der Waals surface area contributed by atoms with Gasteiger partial charge in [0.2, 0.25) is 11.8 Å². The first-order valence-electron chi connectivity index (χ1n) is 7.89. The van der Waals surface area contributed by atoms with Crippen LogP contribution in [0.2, 0.25) is 0 Å². The third-order valence-electron chi connectivity index (χ3n) is 4.02. The van der Waals surface area contributed by atoms with Crippen LogP contribution in [0, 0.1) is 0 Å². The second-order valence-corrected chi connectivity index (χ2v) is 5.70. The van der Waals surface area contributed by atoms with Crippen LogP contribution >= 0.6 is 0 Å². The number of piperidine rings is 1. The molecular formula is C18H20N2O3. The Kier molecular flexibility index (Phi) is 4.76. The Balaban J connectivity index is 1.71. The lowest BCUT2D eigenvalue weighted by Gasteiger charge is -2.27. The van der Waals surface area contributed by atoms with Gasteiger partial charge in [0, 0.05) is 13.0 Å². The summed E-state index contributed by atoms with van der Waals surface area (Å²) < 4.78 is 5.47. The number of carbonyl (C=O) groups is 2. The molecule has 2 heterocycles. The van der Waals surface area contributed by atoms with E-state index in [-0.39, 0.29) is 24.4 Å². The highest BCUT2D eigenvalue weighted by Crippen LogP contribution is 2.22. The Labute approximate surface area is 135 Å². The summed E-state index contributed by atoms with van der Waals surface area (Å²) in [6.45, 7) is 0.756. The molecule has 1 aliphatic heterocycles. The molecule has 0 saturated carbocycles. The van der Waals surface area contributed by atoms with Crippen molar-refractivity contribution >= 4 is 11.8 Å². The lowest BCUT2D eigenvalue weighted by atomic mass is 10.0. The molecule has 120 valence electrons. The van der Waals surface area contributed by atoms with Gasteiger partial charge < -0.3 is 14.6 Å². The van der Waals surface area contributed by atoms with Gasteiger partial charge in [-0.1, -0.05) is 30.3 Å². The summed E-state index contributed by atoms with van der Waals surface area (Å²) >= 11 is 0. The summed E-state index contributed by atoms with van der Waals surface area (Å²) in [6.07, 6.45) is 3.99. The first kappa shape index (κ1) is 15.3. The summed E-state index contributed by atoms with van der Waals surface area (Å²) in [6, 6.07) is 12.9. The molecule has 1 aromatic heterocycles. The minimum absolute atomic E-state index is 0.0562. The summed E-state index contributed by atoms with van der Waals surface area (Å²) in [5, 5.41) is 2.98. The number of amides is 2. The maximum absolute atomic E-state index is 12.4. The van der Waals surface area contributed by atoms with Crippen molar-refractivity contribution in [1.29, 1.82) is 0 Å². The summed E-state index contributed by atoms with van der Waals surface area (Å²) in [7, 11) is 0. The van der Waals surface area contributed by atoms with Crippen molar-refractivity contribution < 1.29 is 14.0 Å². The van der Waals surface area contributed by atoms with E-state index in [1.54, 1.807) is 17.2 Å².